The van der Waals surface area contributed by atoms with Crippen molar-refractivity contribution in [3.8, 4) is 0 Å². The molecule has 0 radical (unpaired) electrons. The predicted molar refractivity (Wildman–Crippen MR) is 95.7 cm³/mol. The summed E-state index contributed by atoms with van der Waals surface area (Å²) in [5.41, 5.74) is 1.72. The maximum atomic E-state index is 12.3. The van der Waals surface area contributed by atoms with Crippen LogP contribution < -0.4 is 11.0 Å². The lowest BCUT2D eigenvalue weighted by Crippen LogP contribution is -2.42. The number of aromatic nitrogens is 2. The summed E-state index contributed by atoms with van der Waals surface area (Å²) in [4.78, 5) is 29.3. The first kappa shape index (κ1) is 15.0. The van der Waals surface area contributed by atoms with Gasteiger partial charge in [0.15, 0.2) is 0 Å². The lowest BCUT2D eigenvalue weighted by Gasteiger charge is -2.32. The first-order chi connectivity index (χ1) is 11.7. The van der Waals surface area contributed by atoms with Gasteiger partial charge in [-0.3, -0.25) is 9.88 Å². The SMILES string of the molecule is O=C(Nc1cccs1)N1CCC(n2c(=O)[nH]c3ccccc32)CC1. The van der Waals surface area contributed by atoms with Crippen LogP contribution in [0.5, 0.6) is 0 Å². The number of carbonyl (C=O) groups is 1. The molecule has 2 amide bonds. The van der Waals surface area contributed by atoms with Gasteiger partial charge in [0.05, 0.1) is 16.0 Å². The number of imidazole rings is 1. The number of nitrogens with zero attached hydrogens (tertiary/aromatic N) is 2. The van der Waals surface area contributed by atoms with Crippen LogP contribution in [0.3, 0.4) is 0 Å². The van der Waals surface area contributed by atoms with Gasteiger partial charge in [0.25, 0.3) is 0 Å². The number of nitrogens with one attached hydrogen (secondary N) is 2. The van der Waals surface area contributed by atoms with Crippen LogP contribution in [0.1, 0.15) is 18.9 Å². The number of urea groups is 1. The van der Waals surface area contributed by atoms with E-state index in [9.17, 15) is 9.59 Å². The second-order valence-electron chi connectivity index (χ2n) is 5.94. The molecule has 1 aromatic carbocycles. The standard InChI is InChI=1S/C17H18N4O2S/c22-16(19-15-6-3-11-24-15)20-9-7-12(8-10-20)21-14-5-2-1-4-13(14)18-17(21)23/h1-6,11-12H,7-10H2,(H,18,23)(H,19,22). The van der Waals surface area contributed by atoms with Crippen molar-refractivity contribution in [3.05, 3.63) is 52.3 Å². The highest BCUT2D eigenvalue weighted by molar-refractivity contribution is 7.14. The Morgan fingerprint density at radius 2 is 1.96 bits per heavy atom. The van der Waals surface area contributed by atoms with Crippen molar-refractivity contribution in [2.75, 3.05) is 18.4 Å². The Kier molecular flexibility index (Phi) is 3.86. The van der Waals surface area contributed by atoms with Crippen LogP contribution in [-0.2, 0) is 0 Å². The molecule has 4 rings (SSSR count). The van der Waals surface area contributed by atoms with E-state index in [-0.39, 0.29) is 17.8 Å². The first-order valence-electron chi connectivity index (χ1n) is 8.01. The predicted octanol–water partition coefficient (Wildman–Crippen LogP) is 3.26. The zero-order chi connectivity index (χ0) is 16.5. The number of piperidine rings is 1. The number of aromatic amines is 1. The number of hydrogen-bond acceptors (Lipinski definition) is 3. The van der Waals surface area contributed by atoms with Crippen LogP contribution in [-0.4, -0.2) is 33.6 Å². The second-order valence-corrected chi connectivity index (χ2v) is 6.89. The number of fused-ring (bicyclic) bond motifs is 1. The van der Waals surface area contributed by atoms with Crippen LogP contribution >= 0.6 is 11.3 Å². The van der Waals surface area contributed by atoms with Crippen molar-refractivity contribution in [2.45, 2.75) is 18.9 Å². The van der Waals surface area contributed by atoms with Crippen LogP contribution in [0.15, 0.2) is 46.6 Å². The van der Waals surface area contributed by atoms with Crippen molar-refractivity contribution < 1.29 is 4.79 Å². The zero-order valence-corrected chi connectivity index (χ0v) is 13.9. The van der Waals surface area contributed by atoms with E-state index in [0.717, 1.165) is 28.9 Å². The number of carbonyl (C=O) groups excluding carboxylic acids is 1. The molecular formula is C17H18N4O2S. The lowest BCUT2D eigenvalue weighted by molar-refractivity contribution is 0.184. The summed E-state index contributed by atoms with van der Waals surface area (Å²) in [7, 11) is 0. The number of para-hydroxylation sites is 2. The summed E-state index contributed by atoms with van der Waals surface area (Å²) < 4.78 is 1.84. The molecule has 3 heterocycles. The average molecular weight is 342 g/mol. The molecule has 0 spiro atoms. The minimum Gasteiger partial charge on any atom is -0.324 e. The zero-order valence-electron chi connectivity index (χ0n) is 13.1. The number of amides is 2. The first-order valence-corrected chi connectivity index (χ1v) is 8.89. The Morgan fingerprint density at radius 1 is 1.17 bits per heavy atom. The topological polar surface area (TPSA) is 70.1 Å². The number of likely N-dealkylation sites (tertiary alicyclic amines) is 1. The van der Waals surface area contributed by atoms with Crippen LogP contribution in [0.25, 0.3) is 11.0 Å². The molecular weight excluding hydrogens is 324 g/mol. The number of H-pyrrole nitrogens is 1. The van der Waals surface area contributed by atoms with Gasteiger partial charge in [-0.15, -0.1) is 11.3 Å². The Balaban J connectivity index is 1.47. The highest BCUT2D eigenvalue weighted by Crippen LogP contribution is 2.25. The van der Waals surface area contributed by atoms with E-state index < -0.39 is 0 Å². The summed E-state index contributed by atoms with van der Waals surface area (Å²) in [6.45, 7) is 1.29. The van der Waals surface area contributed by atoms with Gasteiger partial charge in [-0.25, -0.2) is 9.59 Å². The van der Waals surface area contributed by atoms with Crippen molar-refractivity contribution in [3.63, 3.8) is 0 Å². The molecule has 0 unspecified atom stereocenters. The molecule has 1 aliphatic heterocycles. The highest BCUT2D eigenvalue weighted by atomic mass is 32.1. The number of anilines is 1. The molecule has 0 bridgehead atoms. The maximum Gasteiger partial charge on any atom is 0.326 e. The van der Waals surface area contributed by atoms with Gasteiger partial charge < -0.3 is 9.88 Å². The smallest absolute Gasteiger partial charge is 0.324 e. The fraction of sp³-hybridized carbons (Fsp3) is 0.294. The monoisotopic (exact) mass is 342 g/mol. The molecule has 1 aliphatic rings. The minimum atomic E-state index is -0.0716. The number of hydrogen-bond donors (Lipinski definition) is 2. The highest BCUT2D eigenvalue weighted by Gasteiger charge is 2.26. The van der Waals surface area contributed by atoms with E-state index in [1.165, 1.54) is 11.3 Å². The van der Waals surface area contributed by atoms with E-state index in [4.69, 9.17) is 0 Å². The number of rotatable bonds is 2. The van der Waals surface area contributed by atoms with E-state index in [0.29, 0.717) is 13.1 Å². The average Bonchev–Trinajstić information content (AvgIpc) is 3.21. The molecule has 6 nitrogen and oxygen atoms in total. The van der Waals surface area contributed by atoms with E-state index in [1.807, 2.05) is 51.2 Å². The number of benzene rings is 1. The van der Waals surface area contributed by atoms with Crippen LogP contribution in [0.2, 0.25) is 0 Å². The van der Waals surface area contributed by atoms with Crippen molar-refractivity contribution >= 4 is 33.4 Å². The van der Waals surface area contributed by atoms with Gasteiger partial charge >= 0.3 is 11.7 Å². The van der Waals surface area contributed by atoms with Gasteiger partial charge in [0.1, 0.15) is 0 Å². The number of thiophene rings is 1. The van der Waals surface area contributed by atoms with Gasteiger partial charge in [-0.1, -0.05) is 12.1 Å². The van der Waals surface area contributed by atoms with E-state index in [1.54, 1.807) is 0 Å². The molecule has 0 saturated carbocycles. The second kappa shape index (κ2) is 6.16. The molecule has 7 heteroatoms. The van der Waals surface area contributed by atoms with Crippen LogP contribution in [0, 0.1) is 0 Å². The maximum absolute atomic E-state index is 12.3. The van der Waals surface area contributed by atoms with E-state index >= 15 is 0 Å². The third kappa shape index (κ3) is 2.71. The Bertz CT molecular complexity index is 904. The van der Waals surface area contributed by atoms with Crippen molar-refractivity contribution in [2.24, 2.45) is 0 Å². The fourth-order valence-electron chi connectivity index (χ4n) is 3.30. The van der Waals surface area contributed by atoms with Crippen LogP contribution in [0.4, 0.5) is 9.80 Å². The molecule has 24 heavy (non-hydrogen) atoms. The quantitative estimate of drug-likeness (QED) is 0.750. The summed E-state index contributed by atoms with van der Waals surface area (Å²) in [5.74, 6) is 0. The molecule has 1 fully saturated rings. The van der Waals surface area contributed by atoms with Crippen molar-refractivity contribution in [1.82, 2.24) is 14.5 Å². The Hall–Kier alpha value is -2.54. The summed E-state index contributed by atoms with van der Waals surface area (Å²) in [6, 6.07) is 11.6. The Morgan fingerprint density at radius 3 is 2.71 bits per heavy atom. The molecule has 1 saturated heterocycles. The third-order valence-corrected chi connectivity index (χ3v) is 5.28. The third-order valence-electron chi connectivity index (χ3n) is 4.49. The molecule has 124 valence electrons. The largest absolute Gasteiger partial charge is 0.326 e. The van der Waals surface area contributed by atoms with Gasteiger partial charge in [-0.2, -0.15) is 0 Å². The van der Waals surface area contributed by atoms with Gasteiger partial charge in [0, 0.05) is 19.1 Å². The van der Waals surface area contributed by atoms with E-state index in [2.05, 4.69) is 10.3 Å². The minimum absolute atomic E-state index is 0.0674. The molecule has 2 N–H and O–H groups in total. The molecule has 0 atom stereocenters. The molecule has 3 aromatic rings. The molecule has 2 aromatic heterocycles. The Labute approximate surface area is 142 Å². The summed E-state index contributed by atoms with van der Waals surface area (Å²) in [5, 5.41) is 5.71. The van der Waals surface area contributed by atoms with Gasteiger partial charge in [-0.05, 0) is 42.5 Å². The fourth-order valence-corrected chi connectivity index (χ4v) is 3.91. The summed E-state index contributed by atoms with van der Waals surface area (Å²) in [6.07, 6.45) is 1.55. The lowest BCUT2D eigenvalue weighted by atomic mass is 10.0. The van der Waals surface area contributed by atoms with Gasteiger partial charge in [0.2, 0.25) is 0 Å². The van der Waals surface area contributed by atoms with Crippen molar-refractivity contribution in [1.29, 1.82) is 0 Å². The normalized spacial score (nSPS) is 15.8. The molecule has 0 aliphatic carbocycles. The summed E-state index contributed by atoms with van der Waals surface area (Å²) >= 11 is 1.51.